The Morgan fingerprint density at radius 1 is 1.31 bits per heavy atom. The van der Waals surface area contributed by atoms with Crippen LogP contribution in [0.25, 0.3) is 0 Å². The summed E-state index contributed by atoms with van der Waals surface area (Å²) in [6.45, 7) is 0. The van der Waals surface area contributed by atoms with E-state index in [2.05, 4.69) is 0 Å². The number of hydrogen-bond acceptors (Lipinski definition) is 1. The molecule has 0 N–H and O–H groups in total. The maximum Gasteiger partial charge on any atom is 0.165 e. The molecule has 1 aromatic rings. The van der Waals surface area contributed by atoms with Crippen molar-refractivity contribution in [3.8, 4) is 0 Å². The van der Waals surface area contributed by atoms with Crippen LogP contribution in [0.5, 0.6) is 0 Å². The molecule has 0 aliphatic heterocycles. The van der Waals surface area contributed by atoms with Crippen LogP contribution in [0.4, 0.5) is 4.39 Å². The van der Waals surface area contributed by atoms with E-state index >= 15 is 0 Å². The molecule has 1 aliphatic rings. The lowest BCUT2D eigenvalue weighted by Gasteiger charge is -2.03. The standard InChI is InChI=1S/C9H5Cl2FO/c10-5-3-6(12)9(11)4-1-2-7(13)8(4)5/h3H,1-2H2. The van der Waals surface area contributed by atoms with E-state index < -0.39 is 5.82 Å². The summed E-state index contributed by atoms with van der Waals surface area (Å²) in [5.74, 6) is -0.609. The molecular weight excluding hydrogens is 214 g/mol. The van der Waals surface area contributed by atoms with Crippen LogP contribution >= 0.6 is 23.2 Å². The van der Waals surface area contributed by atoms with Crippen LogP contribution in [0, 0.1) is 5.82 Å². The van der Waals surface area contributed by atoms with Crippen LogP contribution in [0.15, 0.2) is 6.07 Å². The zero-order valence-electron chi connectivity index (χ0n) is 6.53. The van der Waals surface area contributed by atoms with Crippen molar-refractivity contribution in [3.63, 3.8) is 0 Å². The van der Waals surface area contributed by atoms with Crippen LogP contribution in [0.2, 0.25) is 10.0 Å². The van der Waals surface area contributed by atoms with Gasteiger partial charge >= 0.3 is 0 Å². The first-order valence-electron chi connectivity index (χ1n) is 3.81. The lowest BCUT2D eigenvalue weighted by Crippen LogP contribution is -1.94. The Morgan fingerprint density at radius 2 is 2.00 bits per heavy atom. The fraction of sp³-hybridized carbons (Fsp3) is 0.222. The molecule has 0 saturated carbocycles. The summed E-state index contributed by atoms with van der Waals surface area (Å²) in [7, 11) is 0. The van der Waals surface area contributed by atoms with Gasteiger partial charge in [0.05, 0.1) is 10.0 Å². The van der Waals surface area contributed by atoms with Crippen molar-refractivity contribution < 1.29 is 9.18 Å². The second kappa shape index (κ2) is 2.96. The molecule has 0 radical (unpaired) electrons. The Labute approximate surface area is 84.5 Å². The first kappa shape index (κ1) is 8.97. The summed E-state index contributed by atoms with van der Waals surface area (Å²) in [5.41, 5.74) is 0.949. The molecule has 0 atom stereocenters. The Morgan fingerprint density at radius 3 is 2.69 bits per heavy atom. The van der Waals surface area contributed by atoms with Gasteiger partial charge in [0.1, 0.15) is 5.82 Å². The van der Waals surface area contributed by atoms with Crippen molar-refractivity contribution in [1.82, 2.24) is 0 Å². The van der Waals surface area contributed by atoms with Crippen molar-refractivity contribution in [1.29, 1.82) is 0 Å². The molecule has 0 fully saturated rings. The highest BCUT2D eigenvalue weighted by Gasteiger charge is 2.26. The van der Waals surface area contributed by atoms with Gasteiger partial charge in [-0.2, -0.15) is 0 Å². The van der Waals surface area contributed by atoms with Gasteiger partial charge in [-0.3, -0.25) is 4.79 Å². The summed E-state index contributed by atoms with van der Waals surface area (Å²) in [6, 6.07) is 1.09. The second-order valence-corrected chi connectivity index (χ2v) is 3.72. The average molecular weight is 219 g/mol. The van der Waals surface area contributed by atoms with E-state index in [1.165, 1.54) is 0 Å². The first-order valence-corrected chi connectivity index (χ1v) is 4.56. The molecule has 68 valence electrons. The minimum Gasteiger partial charge on any atom is -0.294 e. The Kier molecular flexibility index (Phi) is 2.05. The van der Waals surface area contributed by atoms with Crippen molar-refractivity contribution >= 4 is 29.0 Å². The molecule has 1 nitrogen and oxygen atoms in total. The van der Waals surface area contributed by atoms with Crippen LogP contribution in [-0.4, -0.2) is 5.78 Å². The number of ketones is 1. The number of hydrogen-bond donors (Lipinski definition) is 0. The van der Waals surface area contributed by atoms with E-state index in [1.54, 1.807) is 0 Å². The van der Waals surface area contributed by atoms with Crippen LogP contribution < -0.4 is 0 Å². The third-order valence-corrected chi connectivity index (χ3v) is 2.86. The largest absolute Gasteiger partial charge is 0.294 e. The molecule has 1 aliphatic carbocycles. The molecule has 0 aromatic heterocycles. The smallest absolute Gasteiger partial charge is 0.165 e. The van der Waals surface area contributed by atoms with Gasteiger partial charge in [0, 0.05) is 12.0 Å². The van der Waals surface area contributed by atoms with Gasteiger partial charge in [-0.05, 0) is 18.1 Å². The van der Waals surface area contributed by atoms with Gasteiger partial charge in [-0.15, -0.1) is 0 Å². The number of carbonyl (C=O) groups is 1. The molecule has 1 aromatic carbocycles. The van der Waals surface area contributed by atoms with Crippen molar-refractivity contribution in [3.05, 3.63) is 33.1 Å². The SMILES string of the molecule is O=C1CCc2c(Cl)c(F)cc(Cl)c21. The van der Waals surface area contributed by atoms with Gasteiger partial charge < -0.3 is 0 Å². The van der Waals surface area contributed by atoms with E-state index in [9.17, 15) is 9.18 Å². The third-order valence-electron chi connectivity index (χ3n) is 2.15. The van der Waals surface area contributed by atoms with Crippen molar-refractivity contribution in [2.24, 2.45) is 0 Å². The number of halogens is 3. The highest BCUT2D eigenvalue weighted by molar-refractivity contribution is 6.37. The highest BCUT2D eigenvalue weighted by atomic mass is 35.5. The summed E-state index contributed by atoms with van der Waals surface area (Å²) in [4.78, 5) is 11.3. The van der Waals surface area contributed by atoms with Crippen LogP contribution in [0.1, 0.15) is 22.3 Å². The summed E-state index contributed by atoms with van der Waals surface area (Å²) < 4.78 is 13.0. The lowest BCUT2D eigenvalue weighted by molar-refractivity contribution is 0.0994. The number of Topliss-reactive ketones (excluding diaryl/α,β-unsaturated/α-hetero) is 1. The molecule has 2 rings (SSSR count). The Bertz CT molecular complexity index is 401. The lowest BCUT2D eigenvalue weighted by atomic mass is 10.1. The second-order valence-electron chi connectivity index (χ2n) is 2.93. The zero-order chi connectivity index (χ0) is 9.59. The minimum atomic E-state index is -0.555. The summed E-state index contributed by atoms with van der Waals surface area (Å²) in [5, 5.41) is 0.199. The van der Waals surface area contributed by atoms with Gasteiger partial charge in [0.15, 0.2) is 5.78 Å². The molecule has 0 unspecified atom stereocenters. The maximum atomic E-state index is 13.0. The van der Waals surface area contributed by atoms with E-state index in [4.69, 9.17) is 23.2 Å². The molecule has 0 saturated heterocycles. The van der Waals surface area contributed by atoms with Crippen molar-refractivity contribution in [2.75, 3.05) is 0 Å². The maximum absolute atomic E-state index is 13.0. The fourth-order valence-corrected chi connectivity index (χ4v) is 2.10. The molecule has 4 heteroatoms. The van der Waals surface area contributed by atoms with Crippen molar-refractivity contribution in [2.45, 2.75) is 12.8 Å². The molecule has 0 heterocycles. The number of benzene rings is 1. The predicted octanol–water partition coefficient (Wildman–Crippen LogP) is 3.26. The summed E-state index contributed by atoms with van der Waals surface area (Å²) in [6.07, 6.45) is 0.864. The normalized spacial score (nSPS) is 14.8. The third kappa shape index (κ3) is 1.25. The number of fused-ring (bicyclic) bond motifs is 1. The topological polar surface area (TPSA) is 17.1 Å². The predicted molar refractivity (Wildman–Crippen MR) is 49.1 cm³/mol. The van der Waals surface area contributed by atoms with Crippen LogP contribution in [-0.2, 0) is 6.42 Å². The molecular formula is C9H5Cl2FO. The van der Waals surface area contributed by atoms with E-state index in [0.717, 1.165) is 6.07 Å². The Hall–Kier alpha value is -0.600. The number of carbonyl (C=O) groups excluding carboxylic acids is 1. The summed E-state index contributed by atoms with van der Waals surface area (Å²) >= 11 is 11.4. The van der Waals surface area contributed by atoms with Gasteiger partial charge in [-0.1, -0.05) is 23.2 Å². The Balaban J connectivity index is 2.76. The fourth-order valence-electron chi connectivity index (χ4n) is 1.54. The highest BCUT2D eigenvalue weighted by Crippen LogP contribution is 2.35. The zero-order valence-corrected chi connectivity index (χ0v) is 8.05. The number of rotatable bonds is 0. The average Bonchev–Trinajstić information content (AvgIpc) is 2.44. The van der Waals surface area contributed by atoms with E-state index in [-0.39, 0.29) is 15.8 Å². The molecule has 0 bridgehead atoms. The molecule has 0 amide bonds. The molecule has 0 spiro atoms. The minimum absolute atomic E-state index is 0.0326. The quantitative estimate of drug-likeness (QED) is 0.612. The van der Waals surface area contributed by atoms with Crippen LogP contribution in [0.3, 0.4) is 0 Å². The van der Waals surface area contributed by atoms with E-state index in [0.29, 0.717) is 24.0 Å². The first-order chi connectivity index (χ1) is 6.11. The van der Waals surface area contributed by atoms with Gasteiger partial charge in [0.2, 0.25) is 0 Å². The van der Waals surface area contributed by atoms with E-state index in [1.807, 2.05) is 0 Å². The van der Waals surface area contributed by atoms with Gasteiger partial charge in [-0.25, -0.2) is 4.39 Å². The monoisotopic (exact) mass is 218 g/mol. The molecule has 13 heavy (non-hydrogen) atoms. The van der Waals surface area contributed by atoms with Gasteiger partial charge in [0.25, 0.3) is 0 Å².